The Hall–Kier alpha value is -0.290. The van der Waals surface area contributed by atoms with Crippen LogP contribution in [0, 0.1) is 0 Å². The highest BCUT2D eigenvalue weighted by Crippen LogP contribution is 1.83. The summed E-state index contributed by atoms with van der Waals surface area (Å²) in [4.78, 5) is 3.66. The number of sulfonamides is 2. The Labute approximate surface area is 191 Å². The molecule has 0 saturated carbocycles. The largest absolute Gasteiger partial charge is 0.383 e. The highest BCUT2D eigenvalue weighted by Gasteiger charge is 2.00. The number of rotatable bonds is 3. The van der Waals surface area contributed by atoms with Crippen molar-refractivity contribution in [2.24, 2.45) is 0 Å². The molecule has 0 saturated heterocycles. The Morgan fingerprint density at radius 1 is 0.897 bits per heavy atom. The number of nitrogens with zero attached hydrogens (tertiary/aromatic N) is 2. The molecule has 0 aliphatic carbocycles. The van der Waals surface area contributed by atoms with E-state index < -0.39 is 31.0 Å². The first-order chi connectivity index (χ1) is 12.7. The molecule has 10 nitrogen and oxygen atoms in total. The zero-order valence-corrected chi connectivity index (χ0v) is 23.6. The summed E-state index contributed by atoms with van der Waals surface area (Å²) in [5.74, 6) is 0. The van der Waals surface area contributed by atoms with Gasteiger partial charge in [-0.15, -0.1) is 0 Å². The molecule has 0 bridgehead atoms. The van der Waals surface area contributed by atoms with Crippen LogP contribution < -0.4 is 14.8 Å². The third-order valence-corrected chi connectivity index (χ3v) is 5.52. The molecule has 0 aromatic heterocycles. The predicted octanol–water partition coefficient (Wildman–Crippen LogP) is -0.379. The first-order valence-corrected chi connectivity index (χ1v) is 13.9. The van der Waals surface area contributed by atoms with Crippen LogP contribution in [0.15, 0.2) is 0 Å². The van der Waals surface area contributed by atoms with Gasteiger partial charge in [0.1, 0.15) is 0 Å². The molecule has 15 heteroatoms. The van der Waals surface area contributed by atoms with Crippen LogP contribution in [0.25, 0.3) is 0 Å². The van der Waals surface area contributed by atoms with E-state index in [0.29, 0.717) is 0 Å². The highest BCUT2D eigenvalue weighted by atomic mass is 32.2. The zero-order chi connectivity index (χ0) is 25.0. The maximum Gasteiger partial charge on any atom is 0.210 e. The van der Waals surface area contributed by atoms with Gasteiger partial charge in [-0.1, -0.05) is 24.4 Å². The van der Waals surface area contributed by atoms with Gasteiger partial charge in [-0.05, 0) is 27.9 Å². The van der Waals surface area contributed by atoms with Crippen molar-refractivity contribution in [1.82, 2.24) is 24.0 Å². The quantitative estimate of drug-likeness (QED) is 0.429. The van der Waals surface area contributed by atoms with Crippen LogP contribution in [0.3, 0.4) is 0 Å². The first-order valence-electron chi connectivity index (χ1n) is 7.82. The molecule has 180 valence electrons. The Morgan fingerprint density at radius 2 is 1.07 bits per heavy atom. The lowest BCUT2D eigenvalue weighted by Crippen LogP contribution is -2.19. The van der Waals surface area contributed by atoms with E-state index >= 15 is 0 Å². The maximum absolute atomic E-state index is 10.3. The van der Waals surface area contributed by atoms with Crippen LogP contribution in [0.1, 0.15) is 13.8 Å². The van der Waals surface area contributed by atoms with E-state index in [2.05, 4.69) is 27.0 Å². The van der Waals surface area contributed by atoms with E-state index in [1.54, 1.807) is 13.3 Å². The van der Waals surface area contributed by atoms with Crippen molar-refractivity contribution in [3.8, 4) is 0 Å². The highest BCUT2D eigenvalue weighted by molar-refractivity contribution is 7.88. The summed E-state index contributed by atoms with van der Waals surface area (Å²) in [6.45, 7) is 3.74. The molecule has 0 rings (SSSR count). The number of hydrogen-bond donors (Lipinski definition) is 3. The second kappa shape index (κ2) is 22.4. The maximum atomic E-state index is 10.3. The molecule has 0 aliphatic rings. The molecular weight excluding hydrogens is 479 g/mol. The van der Waals surface area contributed by atoms with Crippen molar-refractivity contribution < 1.29 is 21.0 Å². The third-order valence-electron chi connectivity index (χ3n) is 2.30. The van der Waals surface area contributed by atoms with E-state index in [4.69, 9.17) is 12.2 Å². The van der Waals surface area contributed by atoms with Gasteiger partial charge in [0.05, 0.1) is 33.5 Å². The summed E-state index contributed by atoms with van der Waals surface area (Å²) in [5.41, 5.74) is 0. The van der Waals surface area contributed by atoms with Crippen LogP contribution in [0.5, 0.6) is 0 Å². The molecule has 0 aromatic carbocycles. The second-order valence-electron chi connectivity index (χ2n) is 5.40. The van der Waals surface area contributed by atoms with Crippen molar-refractivity contribution >= 4 is 65.4 Å². The Bertz CT molecular complexity index is 636. The Morgan fingerprint density at radius 3 is 1.07 bits per heavy atom. The van der Waals surface area contributed by atoms with Gasteiger partial charge in [0, 0.05) is 41.5 Å². The lowest BCUT2D eigenvalue weighted by Gasteiger charge is -2.06. The fourth-order valence-corrected chi connectivity index (χ4v) is 0. The van der Waals surface area contributed by atoms with Crippen LogP contribution >= 0.6 is 24.4 Å². The fraction of sp³-hybridized carbons (Fsp3) is 0.857. The van der Waals surface area contributed by atoms with Gasteiger partial charge in [0.2, 0.25) is 20.0 Å². The van der Waals surface area contributed by atoms with E-state index in [9.17, 15) is 21.0 Å². The summed E-state index contributed by atoms with van der Waals surface area (Å²) in [6, 6.07) is 0. The molecule has 1 unspecified atom stereocenters. The molecule has 0 aromatic rings. The molecule has 0 heterocycles. The molecule has 0 amide bonds. The van der Waals surface area contributed by atoms with E-state index in [1.165, 1.54) is 21.1 Å². The minimum absolute atomic E-state index is 0.823. The average Bonchev–Trinajstić information content (AvgIpc) is 2.55. The number of thiocarbonyl (C=S) groups is 2. The van der Waals surface area contributed by atoms with E-state index in [0.717, 1.165) is 26.8 Å². The van der Waals surface area contributed by atoms with Crippen molar-refractivity contribution in [3.05, 3.63) is 0 Å². The molecule has 0 fully saturated rings. The molecule has 29 heavy (non-hydrogen) atoms. The van der Waals surface area contributed by atoms with Crippen molar-refractivity contribution in [1.29, 1.82) is 0 Å². The second-order valence-corrected chi connectivity index (χ2v) is 12.1. The van der Waals surface area contributed by atoms with Gasteiger partial charge in [-0.3, -0.25) is 0 Å². The molecule has 3 N–H and O–H groups in total. The molecule has 0 radical (unpaired) electrons. The lowest BCUT2D eigenvalue weighted by molar-refractivity contribution is 0.527. The molecule has 1 atom stereocenters. The molecular formula is C14H39N5O5S5. The summed E-state index contributed by atoms with van der Waals surface area (Å²) < 4.78 is 55.8. The van der Waals surface area contributed by atoms with Gasteiger partial charge in [0.15, 0.2) is 0 Å². The Balaban J connectivity index is -0.0000000833. The zero-order valence-electron chi connectivity index (χ0n) is 19.5. The van der Waals surface area contributed by atoms with Gasteiger partial charge >= 0.3 is 0 Å². The summed E-state index contributed by atoms with van der Waals surface area (Å²) >= 11 is 9.33. The minimum atomic E-state index is -2.91. The number of hydrogen-bond acceptors (Lipinski definition) is 7. The van der Waals surface area contributed by atoms with Gasteiger partial charge < -0.3 is 10.2 Å². The van der Waals surface area contributed by atoms with Crippen LogP contribution in [0.4, 0.5) is 0 Å². The average molecular weight is 518 g/mol. The normalized spacial score (nSPS) is 10.8. The summed E-state index contributed by atoms with van der Waals surface area (Å²) in [5, 5.41) is 2.76. The lowest BCUT2D eigenvalue weighted by atomic mass is 10.7. The van der Waals surface area contributed by atoms with Crippen LogP contribution in [-0.2, 0) is 31.0 Å². The monoisotopic (exact) mass is 517 g/mol. The minimum Gasteiger partial charge on any atom is -0.383 e. The third kappa shape index (κ3) is 65.6. The van der Waals surface area contributed by atoms with Gasteiger partial charge in [-0.2, -0.15) is 0 Å². The molecule has 0 spiro atoms. The number of nitrogens with one attached hydrogen (secondary N) is 3. The molecule has 0 aliphatic heterocycles. The van der Waals surface area contributed by atoms with Crippen molar-refractivity contribution in [2.45, 2.75) is 13.8 Å². The van der Waals surface area contributed by atoms with E-state index in [-0.39, 0.29) is 0 Å². The fourth-order valence-electron chi connectivity index (χ4n) is 0. The predicted molar refractivity (Wildman–Crippen MR) is 135 cm³/mol. The van der Waals surface area contributed by atoms with Gasteiger partial charge in [-0.25, -0.2) is 34.8 Å². The Kier molecular flexibility index (Phi) is 30.3. The standard InChI is InChI=1S/C4H9NS.C3H9NO2S.C3H7NS.C2H7NO2S.C2H7NOS/c1-4(6)5(2)3;1-4(2)7(3,5)6;1-3(5)4-2;1-3-6(2,4)5;1-3-5(2)4/h1-3H3;1-3H3;1-2H3,(H,4,5);3H,1-2H3;3H,1-2H3. The van der Waals surface area contributed by atoms with E-state index in [1.807, 2.05) is 39.9 Å². The van der Waals surface area contributed by atoms with Crippen LogP contribution in [-0.4, -0.2) is 108 Å². The topological polar surface area (TPSA) is 128 Å². The van der Waals surface area contributed by atoms with Crippen molar-refractivity contribution in [3.63, 3.8) is 0 Å². The SMILES string of the molecule is CC(=S)N(C)C.CN(C)S(C)(=O)=O.CNC(C)=S.CNS(C)(=O)=O.CNS(C)=O. The van der Waals surface area contributed by atoms with Crippen LogP contribution in [0.2, 0.25) is 0 Å². The van der Waals surface area contributed by atoms with Gasteiger partial charge in [0.25, 0.3) is 0 Å². The first kappa shape index (κ1) is 39.2. The summed E-state index contributed by atoms with van der Waals surface area (Å²) in [7, 11) is 5.04. The summed E-state index contributed by atoms with van der Waals surface area (Å²) in [6.07, 6.45) is 3.85. The van der Waals surface area contributed by atoms with Crippen molar-refractivity contribution in [2.75, 3.05) is 68.1 Å². The smallest absolute Gasteiger partial charge is 0.210 e.